The molecule has 2 aromatic rings. The first kappa shape index (κ1) is 22.0. The van der Waals surface area contributed by atoms with E-state index < -0.39 is 0 Å². The number of ether oxygens (including phenoxy) is 4. The average molecular weight is 478 g/mol. The third-order valence-electron chi connectivity index (χ3n) is 5.25. The van der Waals surface area contributed by atoms with Crippen LogP contribution >= 0.6 is 15.9 Å². The lowest BCUT2D eigenvalue weighted by atomic mass is 9.92. The van der Waals surface area contributed by atoms with E-state index in [0.717, 1.165) is 5.56 Å². The molecule has 0 radical (unpaired) electrons. The number of rotatable bonds is 4. The lowest BCUT2D eigenvalue weighted by molar-refractivity contribution is 0.0790. The SMILES string of the molecule is COc1cc2c(cc1OC)C(=O)Cc1c(Br)cc(OC)c(OC)c1C(=O)N(C)CC2. The van der Waals surface area contributed by atoms with E-state index in [1.54, 1.807) is 37.3 Å². The number of nitrogens with zero attached hydrogens (tertiary/aromatic N) is 1. The molecule has 0 aliphatic carbocycles. The molecule has 0 saturated carbocycles. The number of hydrogen-bond donors (Lipinski definition) is 0. The average Bonchev–Trinajstić information content (AvgIpc) is 2.76. The van der Waals surface area contributed by atoms with Gasteiger partial charge in [-0.1, -0.05) is 15.9 Å². The van der Waals surface area contributed by atoms with E-state index in [0.29, 0.717) is 57.1 Å². The molecule has 0 atom stereocenters. The first-order valence-corrected chi connectivity index (χ1v) is 10.1. The van der Waals surface area contributed by atoms with E-state index in [1.165, 1.54) is 21.3 Å². The summed E-state index contributed by atoms with van der Waals surface area (Å²) in [5.74, 6) is 1.39. The van der Waals surface area contributed by atoms with Crippen LogP contribution in [0.5, 0.6) is 23.0 Å². The smallest absolute Gasteiger partial charge is 0.257 e. The number of Topliss-reactive ketones (excluding diaryl/α,β-unsaturated/α-hetero) is 1. The van der Waals surface area contributed by atoms with Gasteiger partial charge in [-0.2, -0.15) is 0 Å². The maximum Gasteiger partial charge on any atom is 0.257 e. The zero-order valence-corrected chi connectivity index (χ0v) is 19.2. The van der Waals surface area contributed by atoms with Crippen molar-refractivity contribution in [3.05, 3.63) is 44.9 Å². The number of carbonyl (C=O) groups excluding carboxylic acids is 2. The normalized spacial score (nSPS) is 14.0. The van der Waals surface area contributed by atoms with E-state index in [2.05, 4.69) is 15.9 Å². The summed E-state index contributed by atoms with van der Waals surface area (Å²) in [6.45, 7) is 0.409. The van der Waals surface area contributed by atoms with Crippen LogP contribution in [0.15, 0.2) is 22.7 Å². The minimum atomic E-state index is -0.238. The van der Waals surface area contributed by atoms with Crippen LogP contribution in [0.3, 0.4) is 0 Å². The van der Waals surface area contributed by atoms with Crippen molar-refractivity contribution in [2.45, 2.75) is 12.8 Å². The third-order valence-corrected chi connectivity index (χ3v) is 5.95. The fourth-order valence-corrected chi connectivity index (χ4v) is 4.17. The highest BCUT2D eigenvalue weighted by atomic mass is 79.9. The summed E-state index contributed by atoms with van der Waals surface area (Å²) in [6.07, 6.45) is 0.505. The molecular weight excluding hydrogens is 454 g/mol. The van der Waals surface area contributed by atoms with E-state index >= 15 is 0 Å². The number of likely N-dealkylation sites (N-methyl/N-ethyl adjacent to an activating group) is 1. The summed E-state index contributed by atoms with van der Waals surface area (Å²) < 4.78 is 22.3. The molecule has 7 nitrogen and oxygen atoms in total. The van der Waals surface area contributed by atoms with Crippen molar-refractivity contribution in [1.29, 1.82) is 0 Å². The fourth-order valence-electron chi connectivity index (χ4n) is 3.62. The number of fused-ring (bicyclic) bond motifs is 2. The summed E-state index contributed by atoms with van der Waals surface area (Å²) in [7, 11) is 7.79. The Hall–Kier alpha value is -2.74. The molecule has 0 unspecified atom stereocenters. The maximum absolute atomic E-state index is 13.3. The number of carbonyl (C=O) groups is 2. The van der Waals surface area contributed by atoms with Crippen molar-refractivity contribution in [1.82, 2.24) is 4.90 Å². The number of methoxy groups -OCH3 is 4. The molecule has 8 heteroatoms. The Morgan fingerprint density at radius 2 is 1.53 bits per heavy atom. The Balaban J connectivity index is 2.24. The predicted molar refractivity (Wildman–Crippen MR) is 115 cm³/mol. The molecule has 30 heavy (non-hydrogen) atoms. The van der Waals surface area contributed by atoms with Gasteiger partial charge in [0.15, 0.2) is 28.8 Å². The van der Waals surface area contributed by atoms with Crippen LogP contribution in [0.4, 0.5) is 0 Å². The zero-order valence-electron chi connectivity index (χ0n) is 17.6. The molecule has 0 bridgehead atoms. The first-order chi connectivity index (χ1) is 14.4. The molecule has 1 amide bonds. The fraction of sp³-hybridized carbons (Fsp3) is 0.364. The number of hydrogen-bond acceptors (Lipinski definition) is 6. The Morgan fingerprint density at radius 1 is 0.900 bits per heavy atom. The molecule has 0 fully saturated rings. The second-order valence-corrected chi connectivity index (χ2v) is 7.74. The Kier molecular flexibility index (Phi) is 6.55. The second-order valence-electron chi connectivity index (χ2n) is 6.89. The highest BCUT2D eigenvalue weighted by molar-refractivity contribution is 9.10. The molecule has 0 aromatic heterocycles. The van der Waals surface area contributed by atoms with Crippen LogP contribution in [0.2, 0.25) is 0 Å². The number of benzene rings is 2. The van der Waals surface area contributed by atoms with Gasteiger partial charge in [0, 0.05) is 30.0 Å². The summed E-state index contributed by atoms with van der Waals surface area (Å²) in [4.78, 5) is 28.3. The van der Waals surface area contributed by atoms with Crippen molar-refractivity contribution in [2.24, 2.45) is 0 Å². The Labute approximate surface area is 184 Å². The summed E-state index contributed by atoms with van der Waals surface area (Å²) in [5, 5.41) is 0. The van der Waals surface area contributed by atoms with Crippen molar-refractivity contribution in [3.63, 3.8) is 0 Å². The highest BCUT2D eigenvalue weighted by Crippen LogP contribution is 2.40. The lowest BCUT2D eigenvalue weighted by Crippen LogP contribution is -2.32. The van der Waals surface area contributed by atoms with Crippen LogP contribution in [0.1, 0.15) is 31.8 Å². The van der Waals surface area contributed by atoms with Gasteiger partial charge in [-0.15, -0.1) is 0 Å². The Morgan fingerprint density at radius 3 is 2.13 bits per heavy atom. The van der Waals surface area contributed by atoms with Crippen LogP contribution in [-0.2, 0) is 12.8 Å². The van der Waals surface area contributed by atoms with E-state index in [-0.39, 0.29) is 18.1 Å². The molecule has 160 valence electrons. The van der Waals surface area contributed by atoms with Gasteiger partial charge < -0.3 is 23.8 Å². The summed E-state index contributed by atoms with van der Waals surface area (Å²) in [6, 6.07) is 5.21. The van der Waals surface area contributed by atoms with Gasteiger partial charge in [-0.3, -0.25) is 9.59 Å². The molecule has 1 aliphatic rings. The van der Waals surface area contributed by atoms with E-state index in [9.17, 15) is 9.59 Å². The van der Waals surface area contributed by atoms with Crippen molar-refractivity contribution < 1.29 is 28.5 Å². The van der Waals surface area contributed by atoms with Gasteiger partial charge in [0.05, 0.1) is 34.0 Å². The number of amides is 1. The van der Waals surface area contributed by atoms with Gasteiger partial charge in [0.1, 0.15) is 0 Å². The predicted octanol–water partition coefficient (Wildman–Crippen LogP) is 3.54. The summed E-state index contributed by atoms with van der Waals surface area (Å²) in [5.41, 5.74) is 2.22. The molecule has 3 rings (SSSR count). The van der Waals surface area contributed by atoms with Gasteiger partial charge in [0.2, 0.25) is 0 Å². The largest absolute Gasteiger partial charge is 0.493 e. The molecule has 1 aliphatic heterocycles. The van der Waals surface area contributed by atoms with Crippen LogP contribution in [0.25, 0.3) is 0 Å². The molecular formula is C22H24BrNO6. The minimum absolute atomic E-state index is 0.0122. The van der Waals surface area contributed by atoms with Crippen molar-refractivity contribution >= 4 is 27.6 Å². The van der Waals surface area contributed by atoms with Crippen LogP contribution in [-0.4, -0.2) is 58.6 Å². The second kappa shape index (κ2) is 8.95. The number of ketones is 1. The molecule has 2 aromatic carbocycles. The maximum atomic E-state index is 13.3. The first-order valence-electron chi connectivity index (χ1n) is 9.33. The number of halogens is 1. The molecule has 0 spiro atoms. The van der Waals surface area contributed by atoms with Crippen molar-refractivity contribution in [3.8, 4) is 23.0 Å². The summed E-state index contributed by atoms with van der Waals surface area (Å²) >= 11 is 3.50. The topological polar surface area (TPSA) is 74.3 Å². The van der Waals surface area contributed by atoms with Gasteiger partial charge >= 0.3 is 0 Å². The van der Waals surface area contributed by atoms with Gasteiger partial charge in [-0.05, 0) is 35.7 Å². The standard InChI is InChI=1S/C22H24BrNO6/c1-24-7-6-12-8-17(27-2)18(28-3)10-13(12)16(25)9-14-15(23)11-19(29-4)21(30-5)20(14)22(24)26/h8,10-11H,6-7,9H2,1-5H3. The van der Waals surface area contributed by atoms with Gasteiger partial charge in [-0.25, -0.2) is 0 Å². The van der Waals surface area contributed by atoms with Crippen molar-refractivity contribution in [2.75, 3.05) is 42.0 Å². The highest BCUT2D eigenvalue weighted by Gasteiger charge is 2.30. The van der Waals surface area contributed by atoms with Crippen LogP contribution < -0.4 is 18.9 Å². The monoisotopic (exact) mass is 477 g/mol. The zero-order chi connectivity index (χ0) is 22.0. The molecule has 1 heterocycles. The third kappa shape index (κ3) is 3.84. The molecule has 0 N–H and O–H groups in total. The molecule has 0 saturated heterocycles. The quantitative estimate of drug-likeness (QED) is 0.670. The minimum Gasteiger partial charge on any atom is -0.493 e. The van der Waals surface area contributed by atoms with E-state index in [4.69, 9.17) is 18.9 Å². The van der Waals surface area contributed by atoms with E-state index in [1.807, 2.05) is 0 Å². The van der Waals surface area contributed by atoms with Gasteiger partial charge in [0.25, 0.3) is 5.91 Å². The Bertz CT molecular complexity index is 1000. The lowest BCUT2D eigenvalue weighted by Gasteiger charge is -2.25. The van der Waals surface area contributed by atoms with Crippen LogP contribution in [0, 0.1) is 0 Å².